The molecule has 0 spiro atoms. The Bertz CT molecular complexity index is 919. The highest BCUT2D eigenvalue weighted by Crippen LogP contribution is 2.39. The maximum Gasteiger partial charge on any atom is 0.231 e. The molecule has 0 amide bonds. The molecule has 2 aliphatic rings. The molecule has 0 saturated carbocycles. The van der Waals surface area contributed by atoms with Crippen LogP contribution in [-0.2, 0) is 6.42 Å². The molecule has 0 fully saturated rings. The van der Waals surface area contributed by atoms with Crippen LogP contribution in [0.5, 0.6) is 11.5 Å². The van der Waals surface area contributed by atoms with Crippen LogP contribution in [0, 0.1) is 0 Å². The first-order valence-corrected chi connectivity index (χ1v) is 8.10. The van der Waals surface area contributed by atoms with E-state index in [9.17, 15) is 0 Å². The number of ether oxygens (including phenoxy) is 2. The first kappa shape index (κ1) is 13.3. The van der Waals surface area contributed by atoms with Crippen molar-refractivity contribution in [2.24, 2.45) is 0 Å². The van der Waals surface area contributed by atoms with Gasteiger partial charge in [0, 0.05) is 28.2 Å². The van der Waals surface area contributed by atoms with E-state index in [2.05, 4.69) is 22.4 Å². The van der Waals surface area contributed by atoms with E-state index in [4.69, 9.17) is 21.1 Å². The second-order valence-corrected chi connectivity index (χ2v) is 6.39. The van der Waals surface area contributed by atoms with Crippen LogP contribution < -0.4 is 14.8 Å². The Morgan fingerprint density at radius 1 is 1.04 bits per heavy atom. The minimum atomic E-state index is 0.124. The van der Waals surface area contributed by atoms with Gasteiger partial charge in [-0.2, -0.15) is 0 Å². The zero-order chi connectivity index (χ0) is 15.4. The lowest BCUT2D eigenvalue weighted by atomic mass is 9.94. The standard InChI is InChI=1S/C18H15ClN2O2/c19-11-2-3-14-13(8-11)12-5-6-20-17(18(12)21-14)10-1-4-15-16(7-10)23-9-22-15/h1-4,7-8,17,20-21H,5-6,9H2. The molecule has 0 radical (unpaired) electrons. The van der Waals surface area contributed by atoms with Crippen molar-refractivity contribution in [2.45, 2.75) is 12.5 Å². The summed E-state index contributed by atoms with van der Waals surface area (Å²) in [7, 11) is 0. The third kappa shape index (κ3) is 2.02. The van der Waals surface area contributed by atoms with Gasteiger partial charge in [0.25, 0.3) is 0 Å². The van der Waals surface area contributed by atoms with E-state index in [1.165, 1.54) is 22.2 Å². The van der Waals surface area contributed by atoms with Crippen molar-refractivity contribution in [3.8, 4) is 11.5 Å². The number of halogens is 1. The maximum atomic E-state index is 6.18. The number of hydrogen-bond acceptors (Lipinski definition) is 3. The number of fused-ring (bicyclic) bond motifs is 4. The van der Waals surface area contributed by atoms with Crippen LogP contribution in [0.1, 0.15) is 22.9 Å². The molecular weight excluding hydrogens is 312 g/mol. The molecule has 1 aromatic heterocycles. The Kier molecular flexibility index (Phi) is 2.84. The first-order valence-electron chi connectivity index (χ1n) is 7.72. The van der Waals surface area contributed by atoms with E-state index in [0.717, 1.165) is 35.0 Å². The monoisotopic (exact) mass is 326 g/mol. The molecule has 5 heteroatoms. The molecule has 5 rings (SSSR count). The highest BCUT2D eigenvalue weighted by molar-refractivity contribution is 6.31. The fraction of sp³-hybridized carbons (Fsp3) is 0.222. The number of H-pyrrole nitrogens is 1. The van der Waals surface area contributed by atoms with Crippen molar-refractivity contribution in [1.29, 1.82) is 0 Å². The van der Waals surface area contributed by atoms with Gasteiger partial charge in [-0.05, 0) is 47.9 Å². The van der Waals surface area contributed by atoms with Gasteiger partial charge >= 0.3 is 0 Å². The molecule has 0 aliphatic carbocycles. The fourth-order valence-corrected chi connectivity index (χ4v) is 3.75. The topological polar surface area (TPSA) is 46.3 Å². The molecule has 3 heterocycles. The van der Waals surface area contributed by atoms with E-state index in [-0.39, 0.29) is 6.04 Å². The lowest BCUT2D eigenvalue weighted by Gasteiger charge is -2.25. The molecule has 4 nitrogen and oxygen atoms in total. The van der Waals surface area contributed by atoms with E-state index < -0.39 is 0 Å². The largest absolute Gasteiger partial charge is 0.454 e. The lowest BCUT2D eigenvalue weighted by Crippen LogP contribution is -2.30. The zero-order valence-corrected chi connectivity index (χ0v) is 13.1. The number of hydrogen-bond donors (Lipinski definition) is 2. The van der Waals surface area contributed by atoms with Gasteiger partial charge in [0.15, 0.2) is 11.5 Å². The van der Waals surface area contributed by atoms with Crippen LogP contribution in [0.3, 0.4) is 0 Å². The van der Waals surface area contributed by atoms with Crippen LogP contribution in [0.15, 0.2) is 36.4 Å². The highest BCUT2D eigenvalue weighted by atomic mass is 35.5. The average Bonchev–Trinajstić information content (AvgIpc) is 3.17. The molecule has 2 N–H and O–H groups in total. The molecule has 0 bridgehead atoms. The van der Waals surface area contributed by atoms with Gasteiger partial charge in [-0.3, -0.25) is 0 Å². The second kappa shape index (κ2) is 4.91. The van der Waals surface area contributed by atoms with Crippen LogP contribution in [-0.4, -0.2) is 18.3 Å². The zero-order valence-electron chi connectivity index (χ0n) is 12.4. The predicted molar refractivity (Wildman–Crippen MR) is 89.4 cm³/mol. The number of aromatic amines is 1. The Morgan fingerprint density at radius 2 is 1.96 bits per heavy atom. The van der Waals surface area contributed by atoms with Gasteiger partial charge in [0.05, 0.1) is 6.04 Å². The van der Waals surface area contributed by atoms with Gasteiger partial charge in [-0.25, -0.2) is 0 Å². The van der Waals surface area contributed by atoms with Gasteiger partial charge in [-0.1, -0.05) is 17.7 Å². The molecule has 0 saturated heterocycles. The van der Waals surface area contributed by atoms with Crippen LogP contribution >= 0.6 is 11.6 Å². The third-order valence-electron chi connectivity index (χ3n) is 4.64. The molecule has 1 atom stereocenters. The Morgan fingerprint density at radius 3 is 2.91 bits per heavy atom. The smallest absolute Gasteiger partial charge is 0.231 e. The normalized spacial score (nSPS) is 19.1. The number of rotatable bonds is 1. The van der Waals surface area contributed by atoms with Gasteiger partial charge in [0.2, 0.25) is 6.79 Å². The van der Waals surface area contributed by atoms with Crippen molar-refractivity contribution >= 4 is 22.5 Å². The second-order valence-electron chi connectivity index (χ2n) is 5.96. The Labute approximate surface area is 138 Å². The Hall–Kier alpha value is -2.17. The molecule has 23 heavy (non-hydrogen) atoms. The van der Waals surface area contributed by atoms with Crippen molar-refractivity contribution in [3.63, 3.8) is 0 Å². The summed E-state index contributed by atoms with van der Waals surface area (Å²) in [4.78, 5) is 3.57. The van der Waals surface area contributed by atoms with E-state index >= 15 is 0 Å². The summed E-state index contributed by atoms with van der Waals surface area (Å²) in [6.45, 7) is 1.23. The Balaban J connectivity index is 1.65. The van der Waals surface area contributed by atoms with Crippen molar-refractivity contribution in [2.75, 3.05) is 13.3 Å². The molecule has 1 unspecified atom stereocenters. The van der Waals surface area contributed by atoms with Gasteiger partial charge in [0.1, 0.15) is 0 Å². The van der Waals surface area contributed by atoms with Crippen molar-refractivity contribution in [3.05, 3.63) is 58.2 Å². The van der Waals surface area contributed by atoms with Crippen molar-refractivity contribution < 1.29 is 9.47 Å². The molecule has 3 aromatic rings. The maximum absolute atomic E-state index is 6.18. The average molecular weight is 327 g/mol. The molecular formula is C18H15ClN2O2. The summed E-state index contributed by atoms with van der Waals surface area (Å²) < 4.78 is 10.9. The van der Waals surface area contributed by atoms with Crippen LogP contribution in [0.2, 0.25) is 5.02 Å². The molecule has 116 valence electrons. The number of nitrogens with one attached hydrogen (secondary N) is 2. The minimum absolute atomic E-state index is 0.124. The van der Waals surface area contributed by atoms with E-state index in [1.807, 2.05) is 24.3 Å². The first-order chi connectivity index (χ1) is 11.3. The van der Waals surface area contributed by atoms with Gasteiger partial charge < -0.3 is 19.8 Å². The minimum Gasteiger partial charge on any atom is -0.454 e. The summed E-state index contributed by atoms with van der Waals surface area (Å²) in [5.74, 6) is 1.63. The number of benzene rings is 2. The summed E-state index contributed by atoms with van der Waals surface area (Å²) in [5, 5.41) is 5.60. The quantitative estimate of drug-likeness (QED) is 0.715. The van der Waals surface area contributed by atoms with E-state index in [0.29, 0.717) is 6.79 Å². The van der Waals surface area contributed by atoms with E-state index in [1.54, 1.807) is 0 Å². The third-order valence-corrected chi connectivity index (χ3v) is 4.88. The van der Waals surface area contributed by atoms with Gasteiger partial charge in [-0.15, -0.1) is 0 Å². The molecule has 2 aromatic carbocycles. The fourth-order valence-electron chi connectivity index (χ4n) is 3.58. The number of aromatic nitrogens is 1. The SMILES string of the molecule is Clc1ccc2[nH]c3c(c2c1)CCNC3c1ccc2c(c1)OCO2. The van der Waals surface area contributed by atoms with Crippen LogP contribution in [0.25, 0.3) is 10.9 Å². The lowest BCUT2D eigenvalue weighted by molar-refractivity contribution is 0.174. The summed E-state index contributed by atoms with van der Waals surface area (Å²) in [6.07, 6.45) is 0.997. The summed E-state index contributed by atoms with van der Waals surface area (Å²) in [6, 6.07) is 12.3. The van der Waals surface area contributed by atoms with Crippen molar-refractivity contribution in [1.82, 2.24) is 10.3 Å². The summed E-state index contributed by atoms with van der Waals surface area (Å²) >= 11 is 6.18. The summed E-state index contributed by atoms with van der Waals surface area (Å²) in [5.41, 5.74) is 4.87. The van der Waals surface area contributed by atoms with Crippen LogP contribution in [0.4, 0.5) is 0 Å². The molecule has 2 aliphatic heterocycles. The highest BCUT2D eigenvalue weighted by Gasteiger charge is 2.26. The predicted octanol–water partition coefficient (Wildman–Crippen LogP) is 3.79.